The number of para-hydroxylation sites is 3. The van der Waals surface area contributed by atoms with Crippen LogP contribution >= 0.6 is 11.3 Å². The number of imidazole rings is 1. The van der Waals surface area contributed by atoms with E-state index in [9.17, 15) is 0 Å². The SMILES string of the molecule is [2H]c1ccc2s[c-]c(-c3nc4ccccc4n3-c3c(C(C)C)cccc3C(C)C)c2c1.[Ir].[c-]1ccccc1-c1ccccn1. The van der Waals surface area contributed by atoms with E-state index in [0.29, 0.717) is 17.9 Å². The Balaban J connectivity index is 0.000000248. The molecule has 43 heavy (non-hydrogen) atoms. The van der Waals surface area contributed by atoms with Gasteiger partial charge in [-0.15, -0.1) is 47.3 Å². The molecule has 5 heteroatoms. The topological polar surface area (TPSA) is 30.7 Å². The monoisotopic (exact) mass is 757 g/mol. The van der Waals surface area contributed by atoms with E-state index in [1.807, 2.05) is 66.7 Å². The first kappa shape index (κ1) is 29.2. The maximum Gasteiger partial charge on any atom is 0.0774 e. The van der Waals surface area contributed by atoms with Crippen molar-refractivity contribution in [1.82, 2.24) is 14.5 Å². The third-order valence-electron chi connectivity index (χ3n) is 7.36. The van der Waals surface area contributed by atoms with Gasteiger partial charge >= 0.3 is 0 Å². The van der Waals surface area contributed by atoms with Gasteiger partial charge in [0, 0.05) is 32.0 Å². The Labute approximate surface area is 273 Å². The van der Waals surface area contributed by atoms with E-state index in [1.165, 1.54) is 16.8 Å². The molecule has 0 aliphatic rings. The summed E-state index contributed by atoms with van der Waals surface area (Å²) in [5.74, 6) is 1.66. The molecule has 3 aromatic heterocycles. The van der Waals surface area contributed by atoms with E-state index in [-0.39, 0.29) is 20.1 Å². The predicted octanol–water partition coefficient (Wildman–Crippen LogP) is 10.5. The molecule has 3 nitrogen and oxygen atoms in total. The molecule has 0 unspecified atom stereocenters. The Morgan fingerprint density at radius 3 is 2.23 bits per heavy atom. The van der Waals surface area contributed by atoms with Crippen molar-refractivity contribution in [2.24, 2.45) is 0 Å². The van der Waals surface area contributed by atoms with Crippen LogP contribution in [0.2, 0.25) is 0 Å². The van der Waals surface area contributed by atoms with E-state index in [1.54, 1.807) is 17.5 Å². The first-order valence-electron chi connectivity index (χ1n) is 14.8. The number of benzene rings is 4. The molecule has 0 spiro atoms. The molecular formula is C38H33IrN3S-2. The Hall–Kier alpha value is -3.89. The largest absolute Gasteiger partial charge is 0.333 e. The fourth-order valence-electron chi connectivity index (χ4n) is 5.29. The van der Waals surface area contributed by atoms with Gasteiger partial charge in [0.05, 0.1) is 18.2 Å². The summed E-state index contributed by atoms with van der Waals surface area (Å²) in [6, 6.07) is 38.1. The Morgan fingerprint density at radius 2 is 1.53 bits per heavy atom. The molecule has 0 atom stereocenters. The summed E-state index contributed by atoms with van der Waals surface area (Å²) in [5.41, 5.74) is 8.91. The van der Waals surface area contributed by atoms with Gasteiger partial charge in [-0.05, 0) is 46.9 Å². The number of fused-ring (bicyclic) bond motifs is 2. The van der Waals surface area contributed by atoms with Crippen molar-refractivity contribution in [3.05, 3.63) is 138 Å². The fraction of sp³-hybridized carbons (Fsp3) is 0.158. The molecule has 7 rings (SSSR count). The number of thiophene rings is 1. The third-order valence-corrected chi connectivity index (χ3v) is 8.24. The third kappa shape index (κ3) is 6.26. The van der Waals surface area contributed by atoms with Crippen molar-refractivity contribution in [3.63, 3.8) is 0 Å². The van der Waals surface area contributed by atoms with Gasteiger partial charge in [-0.3, -0.25) is 16.3 Å². The first-order valence-corrected chi connectivity index (χ1v) is 15.1. The summed E-state index contributed by atoms with van der Waals surface area (Å²) >= 11 is 1.59. The number of hydrogen-bond donors (Lipinski definition) is 0. The van der Waals surface area contributed by atoms with Crippen molar-refractivity contribution in [2.75, 3.05) is 0 Å². The molecule has 0 aliphatic heterocycles. The smallest absolute Gasteiger partial charge is 0.0774 e. The molecule has 1 radical (unpaired) electrons. The minimum Gasteiger partial charge on any atom is -0.333 e. The molecule has 4 aromatic carbocycles. The second kappa shape index (κ2) is 13.6. The van der Waals surface area contributed by atoms with Crippen LogP contribution in [0.15, 0.2) is 115 Å². The normalized spacial score (nSPS) is 11.3. The van der Waals surface area contributed by atoms with E-state index < -0.39 is 0 Å². The summed E-state index contributed by atoms with van der Waals surface area (Å²) < 4.78 is 11.6. The zero-order valence-electron chi connectivity index (χ0n) is 25.6. The van der Waals surface area contributed by atoms with Crippen LogP contribution in [0.4, 0.5) is 0 Å². The summed E-state index contributed by atoms with van der Waals surface area (Å²) in [6.07, 6.45) is 1.79. The van der Waals surface area contributed by atoms with Crippen molar-refractivity contribution in [2.45, 2.75) is 39.5 Å². The van der Waals surface area contributed by atoms with Crippen molar-refractivity contribution in [3.8, 4) is 28.3 Å². The molecule has 0 saturated carbocycles. The van der Waals surface area contributed by atoms with E-state index in [4.69, 9.17) is 6.35 Å². The van der Waals surface area contributed by atoms with Gasteiger partial charge in [0.1, 0.15) is 0 Å². The van der Waals surface area contributed by atoms with Crippen LogP contribution in [0.3, 0.4) is 0 Å². The van der Waals surface area contributed by atoms with Crippen molar-refractivity contribution in [1.29, 1.82) is 0 Å². The molecule has 0 fully saturated rings. The average molecular weight is 757 g/mol. The Kier molecular flexibility index (Phi) is 9.24. The number of pyridine rings is 1. The number of aromatic nitrogens is 3. The Morgan fingerprint density at radius 1 is 0.791 bits per heavy atom. The van der Waals surface area contributed by atoms with Crippen molar-refractivity contribution >= 4 is 32.5 Å². The van der Waals surface area contributed by atoms with Gasteiger partial charge in [-0.1, -0.05) is 104 Å². The molecule has 217 valence electrons. The quantitative estimate of drug-likeness (QED) is 0.164. The number of rotatable bonds is 5. The van der Waals surface area contributed by atoms with Gasteiger partial charge in [-0.2, -0.15) is 0 Å². The van der Waals surface area contributed by atoms with E-state index in [0.717, 1.165) is 43.8 Å². The predicted molar refractivity (Wildman–Crippen MR) is 177 cm³/mol. The molecule has 0 N–H and O–H groups in total. The van der Waals surface area contributed by atoms with Gasteiger partial charge < -0.3 is 9.55 Å². The summed E-state index contributed by atoms with van der Waals surface area (Å²) in [7, 11) is 0. The second-order valence-electron chi connectivity index (χ2n) is 10.8. The summed E-state index contributed by atoms with van der Waals surface area (Å²) in [4.78, 5) is 9.31. The second-order valence-corrected chi connectivity index (χ2v) is 11.7. The van der Waals surface area contributed by atoms with Gasteiger partial charge in [0.15, 0.2) is 0 Å². The minimum atomic E-state index is 0. The molecule has 0 saturated heterocycles. The van der Waals surface area contributed by atoms with Crippen LogP contribution in [0.5, 0.6) is 0 Å². The van der Waals surface area contributed by atoms with Gasteiger partial charge in [-0.25, -0.2) is 0 Å². The Bertz CT molecular complexity index is 1930. The van der Waals surface area contributed by atoms with Crippen LogP contribution in [0.25, 0.3) is 49.5 Å². The number of hydrogen-bond acceptors (Lipinski definition) is 3. The van der Waals surface area contributed by atoms with Crippen LogP contribution < -0.4 is 0 Å². The molecule has 0 aliphatic carbocycles. The van der Waals surface area contributed by atoms with Crippen LogP contribution in [-0.2, 0) is 20.1 Å². The zero-order chi connectivity index (χ0) is 29.9. The first-order chi connectivity index (χ1) is 20.9. The molecule has 7 aromatic rings. The maximum absolute atomic E-state index is 8.14. The fourth-order valence-corrected chi connectivity index (χ4v) is 6.11. The van der Waals surface area contributed by atoms with Crippen LogP contribution in [0.1, 0.15) is 52.0 Å². The van der Waals surface area contributed by atoms with Crippen LogP contribution in [0, 0.1) is 11.4 Å². The molecular weight excluding hydrogens is 723 g/mol. The van der Waals surface area contributed by atoms with E-state index in [2.05, 4.69) is 85.1 Å². The maximum atomic E-state index is 8.14. The number of nitrogens with zero attached hydrogens (tertiary/aromatic N) is 3. The molecule has 0 amide bonds. The summed E-state index contributed by atoms with van der Waals surface area (Å²) in [6.45, 7) is 9.00. The molecule has 0 bridgehead atoms. The van der Waals surface area contributed by atoms with E-state index >= 15 is 0 Å². The van der Waals surface area contributed by atoms with Crippen LogP contribution in [-0.4, -0.2) is 14.5 Å². The van der Waals surface area contributed by atoms with Crippen molar-refractivity contribution < 1.29 is 21.5 Å². The molecule has 3 heterocycles. The van der Waals surface area contributed by atoms with Gasteiger partial charge in [0.25, 0.3) is 0 Å². The summed E-state index contributed by atoms with van der Waals surface area (Å²) in [5, 5.41) is 4.54. The average Bonchev–Trinajstić information content (AvgIpc) is 3.62. The minimum absolute atomic E-state index is 0. The standard InChI is InChI=1S/C27H25N2S.C11H8N.Ir/c1-17(2)19-11-9-12-20(18(3)4)26(19)29-24-14-7-6-13-23(24)28-27(29)22-16-30-25-15-8-5-10-21(22)25;1-2-6-10(7-3-1)11-8-4-5-9-12-11;/h5-15,17-18H,1-4H3;1-6,8-9H;/q2*-1;/i5D;;. The van der Waals surface area contributed by atoms with Gasteiger partial charge in [0.2, 0.25) is 0 Å². The zero-order valence-corrected chi connectivity index (χ0v) is 27.8.